The number of benzene rings is 3. The molecule has 8 nitrogen and oxygen atoms in total. The highest BCUT2D eigenvalue weighted by Gasteiger charge is 2.34. The molecular formula is C33H43N3O5S2. The molecule has 0 saturated carbocycles. The SMILES string of the molecule is CCOc1ccc(N(CC(=O)N(CCc2ccccc2)C(CC)C(=O)NC(C)(C)C)S(=O)(=O)c2ccc(SC)cc2)cc1. The Morgan fingerprint density at radius 1 is 0.930 bits per heavy atom. The highest BCUT2D eigenvalue weighted by molar-refractivity contribution is 7.98. The summed E-state index contributed by atoms with van der Waals surface area (Å²) in [6, 6.07) is 22.1. The number of nitrogens with zero attached hydrogens (tertiary/aromatic N) is 2. The van der Waals surface area contributed by atoms with E-state index in [0.717, 1.165) is 14.8 Å². The van der Waals surface area contributed by atoms with E-state index in [1.165, 1.54) is 16.7 Å². The topological polar surface area (TPSA) is 96.0 Å². The van der Waals surface area contributed by atoms with Gasteiger partial charge in [-0.2, -0.15) is 0 Å². The highest BCUT2D eigenvalue weighted by atomic mass is 32.2. The lowest BCUT2D eigenvalue weighted by Crippen LogP contribution is -2.56. The van der Waals surface area contributed by atoms with E-state index in [1.807, 2.05) is 71.2 Å². The van der Waals surface area contributed by atoms with Gasteiger partial charge in [-0.15, -0.1) is 11.8 Å². The summed E-state index contributed by atoms with van der Waals surface area (Å²) in [5.74, 6) is -0.154. The van der Waals surface area contributed by atoms with Crippen LogP contribution in [0.25, 0.3) is 0 Å². The maximum Gasteiger partial charge on any atom is 0.264 e. The zero-order valence-electron chi connectivity index (χ0n) is 25.9. The average Bonchev–Trinajstić information content (AvgIpc) is 2.98. The van der Waals surface area contributed by atoms with Crippen LogP contribution in [0.2, 0.25) is 0 Å². The molecule has 3 aromatic carbocycles. The Balaban J connectivity index is 2.03. The van der Waals surface area contributed by atoms with Gasteiger partial charge < -0.3 is 15.0 Å². The fraction of sp³-hybridized carbons (Fsp3) is 0.394. The maximum absolute atomic E-state index is 14.2. The summed E-state index contributed by atoms with van der Waals surface area (Å²) in [5.41, 5.74) is 0.830. The number of ether oxygens (including phenoxy) is 1. The van der Waals surface area contributed by atoms with Crippen molar-refractivity contribution < 1.29 is 22.7 Å². The summed E-state index contributed by atoms with van der Waals surface area (Å²) >= 11 is 1.51. The van der Waals surface area contributed by atoms with Crippen LogP contribution in [0.5, 0.6) is 5.75 Å². The van der Waals surface area contributed by atoms with Gasteiger partial charge in [0.25, 0.3) is 10.0 Å². The number of anilines is 1. The van der Waals surface area contributed by atoms with Gasteiger partial charge in [-0.1, -0.05) is 37.3 Å². The van der Waals surface area contributed by atoms with Crippen LogP contribution in [-0.2, 0) is 26.0 Å². The molecule has 0 bridgehead atoms. The molecule has 0 fully saturated rings. The Morgan fingerprint density at radius 3 is 2.09 bits per heavy atom. The van der Waals surface area contributed by atoms with Gasteiger partial charge in [0.1, 0.15) is 18.3 Å². The number of carbonyl (C=O) groups excluding carboxylic acids is 2. The highest BCUT2D eigenvalue weighted by Crippen LogP contribution is 2.28. The van der Waals surface area contributed by atoms with Gasteiger partial charge >= 0.3 is 0 Å². The second-order valence-electron chi connectivity index (χ2n) is 11.1. The summed E-state index contributed by atoms with van der Waals surface area (Å²) in [7, 11) is -4.15. The van der Waals surface area contributed by atoms with E-state index in [4.69, 9.17) is 4.74 Å². The first-order valence-electron chi connectivity index (χ1n) is 14.4. The Kier molecular flexibility index (Phi) is 12.1. The minimum Gasteiger partial charge on any atom is -0.494 e. The Bertz CT molecular complexity index is 1440. The van der Waals surface area contributed by atoms with Crippen LogP contribution >= 0.6 is 11.8 Å². The minimum absolute atomic E-state index is 0.0698. The van der Waals surface area contributed by atoms with Crippen molar-refractivity contribution in [3.8, 4) is 5.75 Å². The molecule has 1 atom stereocenters. The molecule has 0 aliphatic carbocycles. The molecule has 2 amide bonds. The van der Waals surface area contributed by atoms with Gasteiger partial charge in [-0.25, -0.2) is 8.42 Å². The first-order valence-corrected chi connectivity index (χ1v) is 17.1. The monoisotopic (exact) mass is 625 g/mol. The van der Waals surface area contributed by atoms with Crippen molar-refractivity contribution in [3.63, 3.8) is 0 Å². The van der Waals surface area contributed by atoms with E-state index in [9.17, 15) is 18.0 Å². The zero-order chi connectivity index (χ0) is 31.6. The van der Waals surface area contributed by atoms with E-state index in [-0.39, 0.29) is 17.3 Å². The molecule has 3 rings (SSSR count). The largest absolute Gasteiger partial charge is 0.494 e. The van der Waals surface area contributed by atoms with Crippen molar-refractivity contribution in [2.45, 2.75) is 68.8 Å². The second-order valence-corrected chi connectivity index (χ2v) is 13.8. The smallest absolute Gasteiger partial charge is 0.264 e. The standard InChI is InChI=1S/C33H43N3O5S2/c1-7-30(32(38)34-33(3,4)5)35(23-22-25-12-10-9-11-13-25)31(37)24-36(26-14-16-27(17-15-26)41-8-2)43(39,40)29-20-18-28(42-6)19-21-29/h9-21,30H,7-8,22-24H2,1-6H3,(H,34,38). The van der Waals surface area contributed by atoms with Crippen LogP contribution in [0.1, 0.15) is 46.6 Å². The number of amides is 2. The Morgan fingerprint density at radius 2 is 1.56 bits per heavy atom. The van der Waals surface area contributed by atoms with E-state index < -0.39 is 34.1 Å². The first-order chi connectivity index (χ1) is 20.4. The summed E-state index contributed by atoms with van der Waals surface area (Å²) in [4.78, 5) is 30.1. The Hall–Kier alpha value is -3.50. The second kappa shape index (κ2) is 15.3. The molecular weight excluding hydrogens is 583 g/mol. The van der Waals surface area contributed by atoms with E-state index in [2.05, 4.69) is 5.32 Å². The van der Waals surface area contributed by atoms with Crippen molar-refractivity contribution in [3.05, 3.63) is 84.4 Å². The van der Waals surface area contributed by atoms with Crippen LogP contribution in [-0.4, -0.2) is 62.7 Å². The number of hydrogen-bond donors (Lipinski definition) is 1. The van der Waals surface area contributed by atoms with Gasteiger partial charge in [0.05, 0.1) is 17.2 Å². The lowest BCUT2D eigenvalue weighted by Gasteiger charge is -2.34. The van der Waals surface area contributed by atoms with Crippen molar-refractivity contribution in [1.82, 2.24) is 10.2 Å². The van der Waals surface area contributed by atoms with Crippen LogP contribution in [0.3, 0.4) is 0 Å². The molecule has 0 saturated heterocycles. The molecule has 232 valence electrons. The third kappa shape index (κ3) is 9.49. The van der Waals surface area contributed by atoms with E-state index in [1.54, 1.807) is 48.5 Å². The molecule has 1 unspecified atom stereocenters. The third-order valence-electron chi connectivity index (χ3n) is 6.73. The van der Waals surface area contributed by atoms with Crippen LogP contribution in [0.15, 0.2) is 88.7 Å². The normalized spacial score (nSPS) is 12.3. The van der Waals surface area contributed by atoms with Crippen molar-refractivity contribution >= 4 is 39.3 Å². The number of nitrogens with one attached hydrogen (secondary N) is 1. The van der Waals surface area contributed by atoms with Gasteiger partial charge in [-0.3, -0.25) is 13.9 Å². The minimum atomic E-state index is -4.15. The number of thioether (sulfide) groups is 1. The maximum atomic E-state index is 14.2. The number of rotatable bonds is 14. The van der Waals surface area contributed by atoms with Crippen molar-refractivity contribution in [2.75, 3.05) is 30.3 Å². The van der Waals surface area contributed by atoms with E-state index >= 15 is 0 Å². The summed E-state index contributed by atoms with van der Waals surface area (Å²) < 4.78 is 34.8. The van der Waals surface area contributed by atoms with Crippen molar-refractivity contribution in [2.24, 2.45) is 0 Å². The molecule has 1 N–H and O–H groups in total. The van der Waals surface area contributed by atoms with Crippen molar-refractivity contribution in [1.29, 1.82) is 0 Å². The lowest BCUT2D eigenvalue weighted by atomic mass is 10.1. The molecule has 0 aliphatic heterocycles. The fourth-order valence-corrected chi connectivity index (χ4v) is 6.45. The summed E-state index contributed by atoms with van der Waals surface area (Å²) in [6.45, 7) is 9.61. The van der Waals surface area contributed by atoms with Crippen LogP contribution < -0.4 is 14.4 Å². The van der Waals surface area contributed by atoms with Gasteiger partial charge in [-0.05, 0) is 101 Å². The van der Waals surface area contributed by atoms with Gasteiger partial charge in [0, 0.05) is 17.0 Å². The molecule has 43 heavy (non-hydrogen) atoms. The number of carbonyl (C=O) groups is 2. The molecule has 0 heterocycles. The van der Waals surface area contributed by atoms with Crippen LogP contribution in [0, 0.1) is 0 Å². The third-order valence-corrected chi connectivity index (χ3v) is 9.26. The number of hydrogen-bond acceptors (Lipinski definition) is 6. The predicted octanol–water partition coefficient (Wildman–Crippen LogP) is 5.77. The summed E-state index contributed by atoms with van der Waals surface area (Å²) in [6.07, 6.45) is 2.80. The summed E-state index contributed by atoms with van der Waals surface area (Å²) in [5, 5.41) is 2.99. The predicted molar refractivity (Wildman–Crippen MR) is 174 cm³/mol. The molecule has 0 radical (unpaired) electrons. The van der Waals surface area contributed by atoms with Crippen LogP contribution in [0.4, 0.5) is 5.69 Å². The van der Waals surface area contributed by atoms with E-state index in [0.29, 0.717) is 30.9 Å². The van der Waals surface area contributed by atoms with Gasteiger partial charge in [0.15, 0.2) is 0 Å². The Labute approximate surface area is 260 Å². The molecule has 10 heteroatoms. The molecule has 3 aromatic rings. The lowest BCUT2D eigenvalue weighted by molar-refractivity contribution is -0.140. The molecule has 0 aromatic heterocycles. The first kappa shape index (κ1) is 34.0. The quantitative estimate of drug-likeness (QED) is 0.229. The zero-order valence-corrected chi connectivity index (χ0v) is 27.5. The molecule has 0 aliphatic rings. The number of sulfonamides is 1. The molecule has 0 spiro atoms. The fourth-order valence-electron chi connectivity index (χ4n) is 4.63. The average molecular weight is 626 g/mol. The van der Waals surface area contributed by atoms with Gasteiger partial charge in [0.2, 0.25) is 11.8 Å².